The molecule has 2 N–H and O–H groups in total. The highest BCUT2D eigenvalue weighted by atomic mass is 32.1. The molecule has 0 bridgehead atoms. The molecule has 4 nitrogen and oxygen atoms in total. The van der Waals surface area contributed by atoms with Crippen LogP contribution in [0.2, 0.25) is 0 Å². The second kappa shape index (κ2) is 5.23. The lowest BCUT2D eigenvalue weighted by Crippen LogP contribution is -2.12. The molecule has 86 valence electrons. The smallest absolute Gasteiger partial charge is 0.107 e. The van der Waals surface area contributed by atoms with Crippen LogP contribution in [0.1, 0.15) is 36.2 Å². The number of aromatic amines is 1. The zero-order chi connectivity index (χ0) is 11.4. The largest absolute Gasteiger partial charge is 0.305 e. The molecular weight excluding hydrogens is 220 g/mol. The summed E-state index contributed by atoms with van der Waals surface area (Å²) < 4.78 is 0. The summed E-state index contributed by atoms with van der Waals surface area (Å²) in [6.07, 6.45) is 1.76. The highest BCUT2D eigenvalue weighted by Crippen LogP contribution is 2.17. The minimum Gasteiger partial charge on any atom is -0.305 e. The molecule has 0 amide bonds. The van der Waals surface area contributed by atoms with E-state index in [1.165, 1.54) is 5.69 Å². The first kappa shape index (κ1) is 11.3. The van der Waals surface area contributed by atoms with Crippen molar-refractivity contribution in [3.63, 3.8) is 0 Å². The van der Waals surface area contributed by atoms with Gasteiger partial charge in [0.1, 0.15) is 5.01 Å². The quantitative estimate of drug-likeness (QED) is 0.837. The lowest BCUT2D eigenvalue weighted by Gasteiger charge is -2.00. The van der Waals surface area contributed by atoms with Gasteiger partial charge in [0, 0.05) is 30.4 Å². The normalized spacial score (nSPS) is 11.2. The van der Waals surface area contributed by atoms with Gasteiger partial charge in [-0.3, -0.25) is 5.10 Å². The lowest BCUT2D eigenvalue weighted by molar-refractivity contribution is 0.670. The minimum absolute atomic E-state index is 0.512. The van der Waals surface area contributed by atoms with Crippen molar-refractivity contribution in [3.8, 4) is 0 Å². The Morgan fingerprint density at radius 3 is 2.94 bits per heavy atom. The van der Waals surface area contributed by atoms with Crippen molar-refractivity contribution in [1.29, 1.82) is 0 Å². The maximum absolute atomic E-state index is 4.56. The van der Waals surface area contributed by atoms with Gasteiger partial charge >= 0.3 is 0 Å². The molecule has 2 heterocycles. The zero-order valence-electron chi connectivity index (χ0n) is 9.53. The van der Waals surface area contributed by atoms with Crippen LogP contribution in [0.4, 0.5) is 0 Å². The van der Waals surface area contributed by atoms with Crippen molar-refractivity contribution in [2.75, 3.05) is 0 Å². The molecule has 0 saturated carbocycles. The van der Waals surface area contributed by atoms with Gasteiger partial charge < -0.3 is 5.32 Å². The molecule has 0 atom stereocenters. The first-order valence-corrected chi connectivity index (χ1v) is 6.27. The van der Waals surface area contributed by atoms with E-state index in [0.29, 0.717) is 5.92 Å². The molecule has 5 heteroatoms. The number of thiazole rings is 1. The van der Waals surface area contributed by atoms with Gasteiger partial charge in [-0.15, -0.1) is 11.3 Å². The standard InChI is InChI=1S/C11H16N4S/c1-8(2)10-7-16-11(14-10)6-12-5-9-3-4-13-15-9/h3-4,7-8,12H,5-6H2,1-2H3,(H,13,15). The number of aromatic nitrogens is 3. The molecular formula is C11H16N4S. The molecule has 2 rings (SSSR count). The average molecular weight is 236 g/mol. The predicted octanol–water partition coefficient (Wildman–Crippen LogP) is 2.28. The fraction of sp³-hybridized carbons (Fsp3) is 0.455. The fourth-order valence-electron chi connectivity index (χ4n) is 1.36. The molecule has 0 saturated heterocycles. The average Bonchev–Trinajstić information content (AvgIpc) is 2.87. The highest BCUT2D eigenvalue weighted by molar-refractivity contribution is 7.09. The van der Waals surface area contributed by atoms with Crippen LogP contribution >= 0.6 is 11.3 Å². The number of H-pyrrole nitrogens is 1. The van der Waals surface area contributed by atoms with Gasteiger partial charge in [-0.05, 0) is 12.0 Å². The monoisotopic (exact) mass is 236 g/mol. The summed E-state index contributed by atoms with van der Waals surface area (Å²) in [6, 6.07) is 1.97. The fourth-order valence-corrected chi connectivity index (χ4v) is 2.28. The Bertz CT molecular complexity index is 419. The number of nitrogens with zero attached hydrogens (tertiary/aromatic N) is 2. The van der Waals surface area contributed by atoms with E-state index in [2.05, 4.69) is 39.7 Å². The van der Waals surface area contributed by atoms with E-state index in [0.717, 1.165) is 23.8 Å². The van der Waals surface area contributed by atoms with Gasteiger partial charge in [0.15, 0.2) is 0 Å². The van der Waals surface area contributed by atoms with Crippen molar-refractivity contribution in [1.82, 2.24) is 20.5 Å². The topological polar surface area (TPSA) is 53.6 Å². The van der Waals surface area contributed by atoms with E-state index in [-0.39, 0.29) is 0 Å². The molecule has 0 fully saturated rings. The first-order valence-electron chi connectivity index (χ1n) is 5.39. The van der Waals surface area contributed by atoms with E-state index in [4.69, 9.17) is 0 Å². The van der Waals surface area contributed by atoms with Gasteiger partial charge in [-0.1, -0.05) is 13.8 Å². The third-order valence-corrected chi connectivity index (χ3v) is 3.18. The minimum atomic E-state index is 0.512. The molecule has 0 spiro atoms. The maximum Gasteiger partial charge on any atom is 0.107 e. The predicted molar refractivity (Wildman–Crippen MR) is 65.3 cm³/mol. The summed E-state index contributed by atoms with van der Waals surface area (Å²) in [5.41, 5.74) is 2.28. The van der Waals surface area contributed by atoms with Gasteiger partial charge in [-0.2, -0.15) is 5.10 Å². The van der Waals surface area contributed by atoms with E-state index in [9.17, 15) is 0 Å². The molecule has 0 aliphatic rings. The van der Waals surface area contributed by atoms with Crippen LogP contribution < -0.4 is 5.32 Å². The van der Waals surface area contributed by atoms with Gasteiger partial charge in [-0.25, -0.2) is 4.98 Å². The van der Waals surface area contributed by atoms with Gasteiger partial charge in [0.25, 0.3) is 0 Å². The second-order valence-electron chi connectivity index (χ2n) is 4.01. The first-order chi connectivity index (χ1) is 7.75. The molecule has 0 unspecified atom stereocenters. The van der Waals surface area contributed by atoms with Gasteiger partial charge in [0.2, 0.25) is 0 Å². The second-order valence-corrected chi connectivity index (χ2v) is 4.95. The Morgan fingerprint density at radius 2 is 2.31 bits per heavy atom. The molecule has 0 radical (unpaired) electrons. The van der Waals surface area contributed by atoms with Gasteiger partial charge in [0.05, 0.1) is 5.69 Å². The van der Waals surface area contributed by atoms with E-state index in [1.54, 1.807) is 17.5 Å². The maximum atomic E-state index is 4.56. The van der Waals surface area contributed by atoms with Crippen LogP contribution in [0.5, 0.6) is 0 Å². The number of nitrogens with one attached hydrogen (secondary N) is 2. The van der Waals surface area contributed by atoms with Crippen LogP contribution in [-0.2, 0) is 13.1 Å². The summed E-state index contributed by atoms with van der Waals surface area (Å²) in [7, 11) is 0. The van der Waals surface area contributed by atoms with Crippen molar-refractivity contribution in [2.45, 2.75) is 32.9 Å². The van der Waals surface area contributed by atoms with Crippen LogP contribution in [-0.4, -0.2) is 15.2 Å². The van der Waals surface area contributed by atoms with Crippen molar-refractivity contribution in [3.05, 3.63) is 34.0 Å². The molecule has 0 aliphatic heterocycles. The number of hydrogen-bond acceptors (Lipinski definition) is 4. The lowest BCUT2D eigenvalue weighted by atomic mass is 10.2. The van der Waals surface area contributed by atoms with Crippen molar-refractivity contribution < 1.29 is 0 Å². The Hall–Kier alpha value is -1.20. The summed E-state index contributed by atoms with van der Waals surface area (Å²) >= 11 is 1.72. The summed E-state index contributed by atoms with van der Waals surface area (Å²) in [5, 5.41) is 13.4. The SMILES string of the molecule is CC(C)c1csc(CNCc2ccn[nH]2)n1. The number of hydrogen-bond donors (Lipinski definition) is 2. The van der Waals surface area contributed by atoms with Crippen molar-refractivity contribution in [2.24, 2.45) is 0 Å². The molecule has 0 aliphatic carbocycles. The highest BCUT2D eigenvalue weighted by Gasteiger charge is 2.05. The van der Waals surface area contributed by atoms with E-state index in [1.807, 2.05) is 6.07 Å². The van der Waals surface area contributed by atoms with Crippen molar-refractivity contribution >= 4 is 11.3 Å². The Kier molecular flexibility index (Phi) is 3.69. The Balaban J connectivity index is 1.81. The molecule has 16 heavy (non-hydrogen) atoms. The van der Waals surface area contributed by atoms with Crippen LogP contribution in [0.15, 0.2) is 17.6 Å². The summed E-state index contributed by atoms with van der Waals surface area (Å²) in [5.74, 6) is 0.512. The molecule has 2 aromatic rings. The Morgan fingerprint density at radius 1 is 1.44 bits per heavy atom. The zero-order valence-corrected chi connectivity index (χ0v) is 10.3. The van der Waals surface area contributed by atoms with Crippen LogP contribution in [0.25, 0.3) is 0 Å². The van der Waals surface area contributed by atoms with E-state index >= 15 is 0 Å². The number of rotatable bonds is 5. The summed E-state index contributed by atoms with van der Waals surface area (Å²) in [4.78, 5) is 4.56. The van der Waals surface area contributed by atoms with Crippen LogP contribution in [0.3, 0.4) is 0 Å². The third-order valence-electron chi connectivity index (χ3n) is 2.31. The molecule has 2 aromatic heterocycles. The third kappa shape index (κ3) is 2.90. The summed E-state index contributed by atoms with van der Waals surface area (Å²) in [6.45, 7) is 5.95. The van der Waals surface area contributed by atoms with Crippen LogP contribution in [0, 0.1) is 0 Å². The molecule has 0 aromatic carbocycles. The van der Waals surface area contributed by atoms with E-state index < -0.39 is 0 Å². The Labute approximate surface area is 99.1 Å².